The molecule has 2 aromatic rings. The molecule has 1 heterocycles. The summed E-state index contributed by atoms with van der Waals surface area (Å²) in [4.78, 5) is 12.4. The predicted molar refractivity (Wildman–Crippen MR) is 99.3 cm³/mol. The van der Waals surface area contributed by atoms with Crippen LogP contribution in [0.5, 0.6) is 0 Å². The van der Waals surface area contributed by atoms with Gasteiger partial charge < -0.3 is 5.32 Å². The van der Waals surface area contributed by atoms with Crippen molar-refractivity contribution in [1.29, 1.82) is 0 Å². The molecule has 10 heteroatoms. The highest BCUT2D eigenvalue weighted by Crippen LogP contribution is 2.36. The van der Waals surface area contributed by atoms with Crippen molar-refractivity contribution in [1.82, 2.24) is 0 Å². The summed E-state index contributed by atoms with van der Waals surface area (Å²) in [5, 5.41) is 2.41. The Balaban J connectivity index is 1.85. The predicted octanol–water partition coefficient (Wildman–Crippen LogP) is 4.26. The van der Waals surface area contributed by atoms with Gasteiger partial charge in [0, 0.05) is 22.3 Å². The fraction of sp³-hybridized carbons (Fsp3) is 0.235. The number of carbonyl (C=O) groups excluding carboxylic acids is 1. The molecule has 0 atom stereocenters. The third kappa shape index (κ3) is 4.27. The Labute approximate surface area is 162 Å². The van der Waals surface area contributed by atoms with Gasteiger partial charge in [0.2, 0.25) is 10.0 Å². The molecule has 0 unspecified atom stereocenters. The number of rotatable bonds is 3. The van der Waals surface area contributed by atoms with E-state index in [4.69, 9.17) is 0 Å². The number of carbonyl (C=O) groups is 1. The van der Waals surface area contributed by atoms with Gasteiger partial charge in [-0.25, -0.2) is 8.42 Å². The smallest absolute Gasteiger partial charge is 0.322 e. The zero-order valence-corrected chi connectivity index (χ0v) is 16.2. The lowest BCUT2D eigenvalue weighted by molar-refractivity contribution is -0.138. The van der Waals surface area contributed by atoms with Crippen LogP contribution in [0.25, 0.3) is 0 Å². The SMILES string of the molecule is O=C(Nc1ccc(Br)c(C(F)(F)F)c1)c1cccc(N2CCCS2(=O)=O)c1. The summed E-state index contributed by atoms with van der Waals surface area (Å²) < 4.78 is 64.1. The number of nitrogens with one attached hydrogen (secondary N) is 1. The zero-order chi connectivity index (χ0) is 19.8. The van der Waals surface area contributed by atoms with Gasteiger partial charge in [0.15, 0.2) is 0 Å². The van der Waals surface area contributed by atoms with E-state index in [2.05, 4.69) is 21.2 Å². The fourth-order valence-corrected chi connectivity index (χ4v) is 4.78. The van der Waals surface area contributed by atoms with Crippen molar-refractivity contribution in [3.63, 3.8) is 0 Å². The Bertz CT molecular complexity index is 993. The summed E-state index contributed by atoms with van der Waals surface area (Å²) >= 11 is 2.84. The lowest BCUT2D eigenvalue weighted by Crippen LogP contribution is -2.25. The molecule has 0 spiro atoms. The third-order valence-electron chi connectivity index (χ3n) is 4.03. The quantitative estimate of drug-likeness (QED) is 0.740. The maximum atomic E-state index is 13.0. The van der Waals surface area contributed by atoms with Crippen LogP contribution in [0.15, 0.2) is 46.9 Å². The molecule has 0 bridgehead atoms. The minimum Gasteiger partial charge on any atom is -0.322 e. The average molecular weight is 463 g/mol. The lowest BCUT2D eigenvalue weighted by atomic mass is 10.1. The molecule has 27 heavy (non-hydrogen) atoms. The monoisotopic (exact) mass is 462 g/mol. The van der Waals surface area contributed by atoms with Gasteiger partial charge >= 0.3 is 6.18 Å². The molecule has 144 valence electrons. The van der Waals surface area contributed by atoms with E-state index in [9.17, 15) is 26.4 Å². The summed E-state index contributed by atoms with van der Waals surface area (Å²) in [5.74, 6) is -0.591. The minimum atomic E-state index is -4.57. The molecular formula is C17H14BrF3N2O3S. The second kappa shape index (κ2) is 7.16. The van der Waals surface area contributed by atoms with E-state index in [1.807, 2.05) is 0 Å². The number of anilines is 2. The molecule has 1 saturated heterocycles. The van der Waals surface area contributed by atoms with E-state index in [-0.39, 0.29) is 21.5 Å². The van der Waals surface area contributed by atoms with Crippen LogP contribution < -0.4 is 9.62 Å². The van der Waals surface area contributed by atoms with Crippen LogP contribution in [0.4, 0.5) is 24.5 Å². The van der Waals surface area contributed by atoms with E-state index in [1.165, 1.54) is 34.6 Å². The Morgan fingerprint density at radius 2 is 1.89 bits per heavy atom. The van der Waals surface area contributed by atoms with E-state index >= 15 is 0 Å². The molecular weight excluding hydrogens is 449 g/mol. The lowest BCUT2D eigenvalue weighted by Gasteiger charge is -2.17. The first kappa shape index (κ1) is 19.7. The first-order valence-electron chi connectivity index (χ1n) is 7.86. The highest BCUT2D eigenvalue weighted by atomic mass is 79.9. The molecule has 0 aromatic heterocycles. The Kier molecular flexibility index (Phi) is 5.22. The summed E-state index contributed by atoms with van der Waals surface area (Å²) in [6.07, 6.45) is -4.07. The van der Waals surface area contributed by atoms with Crippen LogP contribution in [0.3, 0.4) is 0 Å². The van der Waals surface area contributed by atoms with Crippen molar-refractivity contribution < 1.29 is 26.4 Å². The number of alkyl halides is 3. The van der Waals surface area contributed by atoms with Gasteiger partial charge in [-0.15, -0.1) is 0 Å². The maximum absolute atomic E-state index is 13.0. The number of nitrogens with zero attached hydrogens (tertiary/aromatic N) is 1. The van der Waals surface area contributed by atoms with Crippen LogP contribution in [-0.4, -0.2) is 26.6 Å². The summed E-state index contributed by atoms with van der Waals surface area (Å²) in [6, 6.07) is 9.34. The number of hydrogen-bond donors (Lipinski definition) is 1. The average Bonchev–Trinajstić information content (AvgIpc) is 2.95. The van der Waals surface area contributed by atoms with Crippen molar-refractivity contribution >= 4 is 43.2 Å². The van der Waals surface area contributed by atoms with E-state index in [1.54, 1.807) is 6.07 Å². The Morgan fingerprint density at radius 1 is 1.15 bits per heavy atom. The second-order valence-corrected chi connectivity index (χ2v) is 8.81. The molecule has 0 saturated carbocycles. The van der Waals surface area contributed by atoms with Crippen LogP contribution in [0.1, 0.15) is 22.3 Å². The number of sulfonamides is 1. The van der Waals surface area contributed by atoms with Crippen LogP contribution in [0.2, 0.25) is 0 Å². The summed E-state index contributed by atoms with van der Waals surface area (Å²) in [6.45, 7) is 0.328. The molecule has 1 fully saturated rings. The first-order valence-corrected chi connectivity index (χ1v) is 10.3. The van der Waals surface area contributed by atoms with Gasteiger partial charge in [-0.3, -0.25) is 9.10 Å². The normalized spacial score (nSPS) is 16.4. The van der Waals surface area contributed by atoms with Gasteiger partial charge in [-0.2, -0.15) is 13.2 Å². The van der Waals surface area contributed by atoms with Gasteiger partial charge in [0.1, 0.15) is 0 Å². The number of hydrogen-bond acceptors (Lipinski definition) is 3. The molecule has 5 nitrogen and oxygen atoms in total. The van der Waals surface area contributed by atoms with Crippen molar-refractivity contribution in [3.05, 3.63) is 58.1 Å². The highest BCUT2D eigenvalue weighted by molar-refractivity contribution is 9.10. The van der Waals surface area contributed by atoms with Gasteiger partial charge in [0.05, 0.1) is 17.0 Å². The molecule has 0 aliphatic carbocycles. The molecule has 3 rings (SSSR count). The van der Waals surface area contributed by atoms with Crippen molar-refractivity contribution in [3.8, 4) is 0 Å². The molecule has 2 aromatic carbocycles. The van der Waals surface area contributed by atoms with Crippen molar-refractivity contribution in [2.75, 3.05) is 21.9 Å². The van der Waals surface area contributed by atoms with E-state index < -0.39 is 27.7 Å². The van der Waals surface area contributed by atoms with Crippen LogP contribution in [0, 0.1) is 0 Å². The minimum absolute atomic E-state index is 0.0188. The Hall–Kier alpha value is -2.07. The molecule has 0 radical (unpaired) electrons. The summed E-state index contributed by atoms with van der Waals surface area (Å²) in [7, 11) is -3.40. The fourth-order valence-electron chi connectivity index (χ4n) is 2.76. The second-order valence-electron chi connectivity index (χ2n) is 5.94. The molecule has 1 aliphatic heterocycles. The topological polar surface area (TPSA) is 66.5 Å². The molecule has 1 aliphatic rings. The first-order chi connectivity index (χ1) is 12.6. The third-order valence-corrected chi connectivity index (χ3v) is 6.59. The van der Waals surface area contributed by atoms with Gasteiger partial charge in [-0.05, 0) is 42.8 Å². The van der Waals surface area contributed by atoms with Crippen molar-refractivity contribution in [2.45, 2.75) is 12.6 Å². The van der Waals surface area contributed by atoms with Crippen LogP contribution >= 0.6 is 15.9 Å². The Morgan fingerprint density at radius 3 is 2.52 bits per heavy atom. The van der Waals surface area contributed by atoms with E-state index in [0.717, 1.165) is 6.07 Å². The zero-order valence-electron chi connectivity index (χ0n) is 13.8. The largest absolute Gasteiger partial charge is 0.417 e. The molecule has 1 N–H and O–H groups in total. The number of benzene rings is 2. The maximum Gasteiger partial charge on any atom is 0.417 e. The van der Waals surface area contributed by atoms with Gasteiger partial charge in [0.25, 0.3) is 5.91 Å². The number of halogens is 4. The van der Waals surface area contributed by atoms with Crippen molar-refractivity contribution in [2.24, 2.45) is 0 Å². The van der Waals surface area contributed by atoms with E-state index in [0.29, 0.717) is 18.7 Å². The van der Waals surface area contributed by atoms with Gasteiger partial charge in [-0.1, -0.05) is 22.0 Å². The van der Waals surface area contributed by atoms with Crippen LogP contribution in [-0.2, 0) is 16.2 Å². The summed E-state index contributed by atoms with van der Waals surface area (Å²) in [5.41, 5.74) is -0.426. The molecule has 1 amide bonds. The standard InChI is InChI=1S/C17H14BrF3N2O3S/c18-15-6-5-12(10-14(15)17(19,20)21)22-16(24)11-3-1-4-13(9-11)23-7-2-8-27(23,25)26/h1,3-6,9-10H,2,7-8H2,(H,22,24). The highest BCUT2D eigenvalue weighted by Gasteiger charge is 2.33. The number of amides is 1.